The Morgan fingerprint density at radius 1 is 1.00 bits per heavy atom. The molecule has 0 radical (unpaired) electrons. The zero-order chi connectivity index (χ0) is 19.0. The van der Waals surface area contributed by atoms with E-state index in [0.717, 1.165) is 22.0 Å². The Kier molecular flexibility index (Phi) is 4.46. The van der Waals surface area contributed by atoms with Gasteiger partial charge in [-0.15, -0.1) is 0 Å². The number of fused-ring (bicyclic) bond motifs is 1. The molecule has 0 aliphatic heterocycles. The number of aromatic nitrogens is 1. The fourth-order valence-electron chi connectivity index (χ4n) is 4.34. The van der Waals surface area contributed by atoms with Gasteiger partial charge in [-0.2, -0.15) is 0 Å². The van der Waals surface area contributed by atoms with Crippen molar-refractivity contribution in [2.75, 3.05) is 0 Å². The maximum atomic E-state index is 8.26. The van der Waals surface area contributed by atoms with Crippen LogP contribution in [0, 0.1) is 6.92 Å². The molecule has 1 aliphatic carbocycles. The summed E-state index contributed by atoms with van der Waals surface area (Å²) in [5.41, 5.74) is 6.09. The van der Waals surface area contributed by atoms with E-state index in [1.54, 1.807) is 0 Å². The first-order chi connectivity index (χ1) is 13.0. The lowest BCUT2D eigenvalue weighted by Crippen LogP contribution is -2.04. The van der Waals surface area contributed by atoms with E-state index < -0.39 is 0 Å². The Hall–Kier alpha value is -2.15. The molecule has 3 aromatic rings. The summed E-state index contributed by atoms with van der Waals surface area (Å²) in [5, 5.41) is 2.31. The molecule has 0 N–H and O–H groups in total. The van der Waals surface area contributed by atoms with Gasteiger partial charge in [-0.1, -0.05) is 62.9 Å². The van der Waals surface area contributed by atoms with Crippen LogP contribution in [0.15, 0.2) is 48.6 Å². The number of aryl methyl sites for hydroxylation is 1. The zero-order valence-electron chi connectivity index (χ0n) is 17.2. The average Bonchev–Trinajstić information content (AvgIpc) is 2.67. The Bertz CT molecular complexity index is 967. The monoisotopic (exact) mass is 344 g/mol. The molecule has 134 valence electrons. The van der Waals surface area contributed by atoms with Crippen LogP contribution in [0.1, 0.15) is 75.8 Å². The quantitative estimate of drug-likeness (QED) is 0.483. The van der Waals surface area contributed by atoms with E-state index in [0.29, 0.717) is 18.0 Å². The average molecular weight is 345 g/mol. The van der Waals surface area contributed by atoms with Gasteiger partial charge in [0.2, 0.25) is 0 Å². The summed E-state index contributed by atoms with van der Waals surface area (Å²) in [6.45, 7) is 6.59. The number of pyridine rings is 1. The minimum absolute atomic E-state index is 0.353. The molecule has 1 fully saturated rings. The molecule has 1 aromatic heterocycles. The van der Waals surface area contributed by atoms with E-state index in [1.807, 2.05) is 6.07 Å². The summed E-state index contributed by atoms with van der Waals surface area (Å²) >= 11 is 0. The molecule has 0 amide bonds. The molecule has 1 saturated carbocycles. The van der Waals surface area contributed by atoms with Crippen LogP contribution in [0.5, 0.6) is 0 Å². The minimum atomic E-state index is 0.353. The third-order valence-electron chi connectivity index (χ3n) is 5.84. The standard InChI is InChI=1S/C25H29N/c1-17(2)22-13-18(3)14-23(16-22)25-24-10-9-20(15-21(24)11-12-26-25)19-7-5-4-6-8-19/h9-17,19H,4-8H2,1-3H3/i12D. The summed E-state index contributed by atoms with van der Waals surface area (Å²) < 4.78 is 8.26. The summed E-state index contributed by atoms with van der Waals surface area (Å²) in [6.07, 6.45) is 7.01. The highest BCUT2D eigenvalue weighted by molar-refractivity contribution is 5.95. The number of hydrogen-bond acceptors (Lipinski definition) is 1. The van der Waals surface area contributed by atoms with E-state index in [4.69, 9.17) is 1.37 Å². The Morgan fingerprint density at radius 2 is 1.81 bits per heavy atom. The normalized spacial score (nSPS) is 16.2. The van der Waals surface area contributed by atoms with E-state index in [1.165, 1.54) is 48.8 Å². The second-order valence-electron chi connectivity index (χ2n) is 8.20. The van der Waals surface area contributed by atoms with Crippen molar-refractivity contribution < 1.29 is 1.37 Å². The maximum Gasteiger partial charge on any atom is 0.0840 e. The minimum Gasteiger partial charge on any atom is -0.256 e. The summed E-state index contributed by atoms with van der Waals surface area (Å²) in [7, 11) is 0. The Labute approximate surface area is 158 Å². The van der Waals surface area contributed by atoms with Gasteiger partial charge in [-0.3, -0.25) is 4.98 Å². The van der Waals surface area contributed by atoms with Crippen LogP contribution >= 0.6 is 0 Å². The molecular weight excluding hydrogens is 314 g/mol. The van der Waals surface area contributed by atoms with E-state index in [-0.39, 0.29) is 0 Å². The third kappa shape index (κ3) is 3.40. The second kappa shape index (κ2) is 7.23. The van der Waals surface area contributed by atoms with Gasteiger partial charge in [0, 0.05) is 17.1 Å². The molecule has 1 heteroatoms. The topological polar surface area (TPSA) is 12.9 Å². The predicted octanol–water partition coefficient (Wildman–Crippen LogP) is 7.38. The van der Waals surface area contributed by atoms with Gasteiger partial charge in [-0.05, 0) is 66.3 Å². The Morgan fingerprint density at radius 3 is 2.58 bits per heavy atom. The van der Waals surface area contributed by atoms with Gasteiger partial charge in [0.1, 0.15) is 0 Å². The molecular formula is C25H29N. The van der Waals surface area contributed by atoms with Gasteiger partial charge in [0.25, 0.3) is 0 Å². The zero-order valence-corrected chi connectivity index (χ0v) is 16.2. The molecule has 4 rings (SSSR count). The molecule has 1 heterocycles. The maximum absolute atomic E-state index is 8.26. The first-order valence-electron chi connectivity index (χ1n) is 10.5. The highest BCUT2D eigenvalue weighted by Gasteiger charge is 2.16. The van der Waals surface area contributed by atoms with Gasteiger partial charge < -0.3 is 0 Å². The predicted molar refractivity (Wildman–Crippen MR) is 112 cm³/mol. The molecule has 0 saturated heterocycles. The lowest BCUT2D eigenvalue weighted by Gasteiger charge is -2.22. The number of benzene rings is 2. The number of hydrogen-bond donors (Lipinski definition) is 0. The van der Waals surface area contributed by atoms with Gasteiger partial charge in [0.15, 0.2) is 0 Å². The molecule has 0 spiro atoms. The van der Waals surface area contributed by atoms with Crippen LogP contribution in [0.2, 0.25) is 0 Å². The molecule has 1 aliphatic rings. The van der Waals surface area contributed by atoms with E-state index >= 15 is 0 Å². The Balaban J connectivity index is 1.84. The first-order valence-corrected chi connectivity index (χ1v) is 10.0. The van der Waals surface area contributed by atoms with Crippen LogP contribution in [0.25, 0.3) is 22.0 Å². The largest absolute Gasteiger partial charge is 0.256 e. The van der Waals surface area contributed by atoms with Crippen molar-refractivity contribution in [1.29, 1.82) is 0 Å². The van der Waals surface area contributed by atoms with Crippen molar-refractivity contribution >= 4 is 10.8 Å². The molecule has 0 atom stereocenters. The van der Waals surface area contributed by atoms with Gasteiger partial charge in [0.05, 0.1) is 7.06 Å². The molecule has 2 aromatic carbocycles. The first kappa shape index (κ1) is 16.1. The fraction of sp³-hybridized carbons (Fsp3) is 0.400. The lowest BCUT2D eigenvalue weighted by atomic mass is 9.83. The van der Waals surface area contributed by atoms with Crippen molar-refractivity contribution in [3.8, 4) is 11.3 Å². The summed E-state index contributed by atoms with van der Waals surface area (Å²) in [6, 6.07) is 15.5. The van der Waals surface area contributed by atoms with Crippen molar-refractivity contribution in [3.05, 3.63) is 65.3 Å². The molecule has 26 heavy (non-hydrogen) atoms. The van der Waals surface area contributed by atoms with Gasteiger partial charge in [-0.25, -0.2) is 0 Å². The van der Waals surface area contributed by atoms with Crippen molar-refractivity contribution in [1.82, 2.24) is 4.98 Å². The highest BCUT2D eigenvalue weighted by atomic mass is 14.7. The van der Waals surface area contributed by atoms with Crippen molar-refractivity contribution in [2.45, 2.75) is 64.7 Å². The fourth-order valence-corrected chi connectivity index (χ4v) is 4.34. The van der Waals surface area contributed by atoms with Crippen LogP contribution in [-0.2, 0) is 0 Å². The highest BCUT2D eigenvalue weighted by Crippen LogP contribution is 2.36. The number of rotatable bonds is 3. The molecule has 1 nitrogen and oxygen atoms in total. The SMILES string of the molecule is [2H]c1cc2cc(C3CCCCC3)ccc2c(-c2cc(C)cc(C(C)C)c2)n1. The van der Waals surface area contributed by atoms with Gasteiger partial charge >= 0.3 is 0 Å². The van der Waals surface area contributed by atoms with Crippen LogP contribution in [0.3, 0.4) is 0 Å². The van der Waals surface area contributed by atoms with Crippen LogP contribution in [0.4, 0.5) is 0 Å². The van der Waals surface area contributed by atoms with Crippen molar-refractivity contribution in [2.24, 2.45) is 0 Å². The lowest BCUT2D eigenvalue weighted by molar-refractivity contribution is 0.444. The molecule has 0 bridgehead atoms. The smallest absolute Gasteiger partial charge is 0.0840 e. The third-order valence-corrected chi connectivity index (χ3v) is 5.84. The molecule has 0 unspecified atom stereocenters. The van der Waals surface area contributed by atoms with E-state index in [9.17, 15) is 0 Å². The number of nitrogens with zero attached hydrogens (tertiary/aromatic N) is 1. The van der Waals surface area contributed by atoms with E-state index in [2.05, 4.69) is 62.2 Å². The van der Waals surface area contributed by atoms with Crippen LogP contribution < -0.4 is 0 Å². The van der Waals surface area contributed by atoms with Crippen molar-refractivity contribution in [3.63, 3.8) is 0 Å². The summed E-state index contributed by atoms with van der Waals surface area (Å²) in [4.78, 5) is 4.62. The van der Waals surface area contributed by atoms with Crippen LogP contribution in [-0.4, -0.2) is 4.98 Å². The second-order valence-corrected chi connectivity index (χ2v) is 8.20. The summed E-state index contributed by atoms with van der Waals surface area (Å²) in [5.74, 6) is 1.16.